The van der Waals surface area contributed by atoms with Gasteiger partial charge < -0.3 is 5.11 Å². The second-order valence-corrected chi connectivity index (χ2v) is 6.12. The Morgan fingerprint density at radius 2 is 2.19 bits per heavy atom. The second kappa shape index (κ2) is 6.06. The molecule has 2 aromatic rings. The van der Waals surface area contributed by atoms with Gasteiger partial charge in [0.05, 0.1) is 31.4 Å². The molecule has 0 amide bonds. The topological polar surface area (TPSA) is 119 Å². The average Bonchev–Trinajstić information content (AvgIpc) is 3.03. The lowest BCUT2D eigenvalue weighted by molar-refractivity contribution is -0.137. The molecule has 21 heavy (non-hydrogen) atoms. The zero-order valence-electron chi connectivity index (χ0n) is 11.3. The Morgan fingerprint density at radius 3 is 2.81 bits per heavy atom. The van der Waals surface area contributed by atoms with E-state index >= 15 is 0 Å². The molecule has 2 N–H and O–H groups in total. The van der Waals surface area contributed by atoms with Gasteiger partial charge in [0.2, 0.25) is 10.0 Å². The van der Waals surface area contributed by atoms with Gasteiger partial charge in [-0.05, 0) is 6.07 Å². The number of nitrogens with zero attached hydrogens (tertiary/aromatic N) is 4. The standard InChI is InChI=1S/C11H15N5O4S/c1-15-9(2-4-12-15)6-14-21(19,20)10-7-13-16(8-10)5-3-11(17)18/h2,4,7-8,14H,3,5-6H2,1H3,(H,17,18). The molecule has 0 aliphatic carbocycles. The third-order valence-electron chi connectivity index (χ3n) is 2.84. The molecule has 2 rings (SSSR count). The van der Waals surface area contributed by atoms with Crippen LogP contribution in [-0.4, -0.2) is 39.1 Å². The van der Waals surface area contributed by atoms with E-state index in [-0.39, 0.29) is 24.4 Å². The Morgan fingerprint density at radius 1 is 1.43 bits per heavy atom. The summed E-state index contributed by atoms with van der Waals surface area (Å²) in [6.07, 6.45) is 3.94. The summed E-state index contributed by atoms with van der Waals surface area (Å²) in [6, 6.07) is 1.71. The SMILES string of the molecule is Cn1nccc1CNS(=O)(=O)c1cnn(CCC(=O)O)c1. The first-order valence-corrected chi connectivity index (χ1v) is 7.57. The molecule has 9 nitrogen and oxygen atoms in total. The van der Waals surface area contributed by atoms with E-state index in [1.54, 1.807) is 24.0 Å². The zero-order valence-corrected chi connectivity index (χ0v) is 12.1. The van der Waals surface area contributed by atoms with Crippen molar-refractivity contribution >= 4 is 16.0 Å². The summed E-state index contributed by atoms with van der Waals surface area (Å²) in [7, 11) is -1.98. The van der Waals surface area contributed by atoms with Crippen LogP contribution >= 0.6 is 0 Å². The Bertz CT molecular complexity index is 733. The lowest BCUT2D eigenvalue weighted by Gasteiger charge is -2.04. The highest BCUT2D eigenvalue weighted by Gasteiger charge is 2.17. The number of nitrogens with one attached hydrogen (secondary N) is 1. The molecular weight excluding hydrogens is 298 g/mol. The van der Waals surface area contributed by atoms with Crippen molar-refractivity contribution in [1.29, 1.82) is 0 Å². The van der Waals surface area contributed by atoms with Gasteiger partial charge >= 0.3 is 5.97 Å². The minimum Gasteiger partial charge on any atom is -0.481 e. The number of aromatic nitrogens is 4. The quantitative estimate of drug-likeness (QED) is 0.716. The van der Waals surface area contributed by atoms with E-state index in [2.05, 4.69) is 14.9 Å². The summed E-state index contributed by atoms with van der Waals surface area (Å²) in [4.78, 5) is 10.5. The van der Waals surface area contributed by atoms with E-state index in [0.717, 1.165) is 5.69 Å². The number of carboxylic acids is 1. The predicted octanol–water partition coefficient (Wildman–Crippen LogP) is -0.430. The average molecular weight is 313 g/mol. The van der Waals surface area contributed by atoms with Crippen molar-refractivity contribution in [2.75, 3.05) is 0 Å². The van der Waals surface area contributed by atoms with Gasteiger partial charge in [-0.3, -0.25) is 14.2 Å². The molecule has 0 saturated heterocycles. The van der Waals surface area contributed by atoms with Gasteiger partial charge in [0, 0.05) is 19.4 Å². The molecule has 0 unspecified atom stereocenters. The van der Waals surface area contributed by atoms with E-state index in [1.165, 1.54) is 17.1 Å². The second-order valence-electron chi connectivity index (χ2n) is 4.35. The maximum absolute atomic E-state index is 12.1. The van der Waals surface area contributed by atoms with Crippen LogP contribution in [0, 0.1) is 0 Å². The lowest BCUT2D eigenvalue weighted by atomic mass is 10.4. The maximum Gasteiger partial charge on any atom is 0.305 e. The van der Waals surface area contributed by atoms with Crippen LogP contribution in [-0.2, 0) is 35.0 Å². The molecule has 0 bridgehead atoms. The predicted molar refractivity (Wildman–Crippen MR) is 71.7 cm³/mol. The van der Waals surface area contributed by atoms with Crippen LogP contribution in [0.4, 0.5) is 0 Å². The molecule has 0 atom stereocenters. The van der Waals surface area contributed by atoms with Gasteiger partial charge in [-0.15, -0.1) is 0 Å². The number of carboxylic acid groups (broad SMARTS) is 1. The number of sulfonamides is 1. The van der Waals surface area contributed by atoms with Crippen LogP contribution in [0.1, 0.15) is 12.1 Å². The van der Waals surface area contributed by atoms with Crippen molar-refractivity contribution in [3.05, 3.63) is 30.4 Å². The number of rotatable bonds is 7. The van der Waals surface area contributed by atoms with Crippen LogP contribution in [0.2, 0.25) is 0 Å². The molecule has 0 aliphatic rings. The van der Waals surface area contributed by atoms with Crippen LogP contribution < -0.4 is 4.72 Å². The smallest absolute Gasteiger partial charge is 0.305 e. The third-order valence-corrected chi connectivity index (χ3v) is 4.20. The van der Waals surface area contributed by atoms with E-state index in [1.807, 2.05) is 0 Å². The summed E-state index contributed by atoms with van der Waals surface area (Å²) >= 11 is 0. The Labute approximate surface area is 121 Å². The molecule has 0 aliphatic heterocycles. The molecule has 10 heteroatoms. The summed E-state index contributed by atoms with van der Waals surface area (Å²) in [5, 5.41) is 16.4. The van der Waals surface area contributed by atoms with Crippen LogP contribution in [0.3, 0.4) is 0 Å². The number of aliphatic carboxylic acids is 1. The van der Waals surface area contributed by atoms with Crippen molar-refractivity contribution in [3.63, 3.8) is 0 Å². The van der Waals surface area contributed by atoms with Crippen molar-refractivity contribution in [1.82, 2.24) is 24.3 Å². The van der Waals surface area contributed by atoms with E-state index in [9.17, 15) is 13.2 Å². The van der Waals surface area contributed by atoms with Crippen molar-refractivity contribution < 1.29 is 18.3 Å². The molecule has 0 aromatic carbocycles. The first kappa shape index (κ1) is 15.2. The van der Waals surface area contributed by atoms with Gasteiger partial charge in [-0.2, -0.15) is 10.2 Å². The Balaban J connectivity index is 2.02. The number of carbonyl (C=O) groups is 1. The van der Waals surface area contributed by atoms with Gasteiger partial charge in [-0.25, -0.2) is 13.1 Å². The highest BCUT2D eigenvalue weighted by molar-refractivity contribution is 7.89. The van der Waals surface area contributed by atoms with Gasteiger partial charge in [0.15, 0.2) is 0 Å². The van der Waals surface area contributed by atoms with Gasteiger partial charge in [0.1, 0.15) is 4.90 Å². The van der Waals surface area contributed by atoms with Crippen molar-refractivity contribution in [2.24, 2.45) is 7.05 Å². The number of hydrogen-bond donors (Lipinski definition) is 2. The summed E-state index contributed by atoms with van der Waals surface area (Å²) in [5.41, 5.74) is 0.719. The zero-order chi connectivity index (χ0) is 15.5. The maximum atomic E-state index is 12.1. The number of hydrogen-bond acceptors (Lipinski definition) is 5. The molecule has 0 radical (unpaired) electrons. The van der Waals surface area contributed by atoms with Gasteiger partial charge in [-0.1, -0.05) is 0 Å². The minimum atomic E-state index is -3.69. The van der Waals surface area contributed by atoms with E-state index < -0.39 is 16.0 Å². The van der Waals surface area contributed by atoms with Crippen LogP contribution in [0.5, 0.6) is 0 Å². The summed E-state index contributed by atoms with van der Waals surface area (Å²) in [5.74, 6) is -0.968. The molecule has 0 spiro atoms. The fourth-order valence-corrected chi connectivity index (χ4v) is 2.59. The molecule has 114 valence electrons. The summed E-state index contributed by atoms with van der Waals surface area (Å²) < 4.78 is 29.5. The molecule has 0 saturated carbocycles. The fourth-order valence-electron chi connectivity index (χ4n) is 1.64. The highest BCUT2D eigenvalue weighted by atomic mass is 32.2. The molecule has 2 aromatic heterocycles. The molecule has 0 fully saturated rings. The Kier molecular flexibility index (Phi) is 4.38. The fraction of sp³-hybridized carbons (Fsp3) is 0.364. The van der Waals surface area contributed by atoms with Crippen LogP contribution in [0.15, 0.2) is 29.6 Å². The third kappa shape index (κ3) is 3.89. The van der Waals surface area contributed by atoms with Gasteiger partial charge in [0.25, 0.3) is 0 Å². The van der Waals surface area contributed by atoms with Crippen molar-refractivity contribution in [2.45, 2.75) is 24.4 Å². The van der Waals surface area contributed by atoms with Crippen molar-refractivity contribution in [3.8, 4) is 0 Å². The number of aryl methyl sites for hydroxylation is 2. The minimum absolute atomic E-state index is 0.00458. The Hall–Kier alpha value is -2.20. The van der Waals surface area contributed by atoms with Crippen LogP contribution in [0.25, 0.3) is 0 Å². The monoisotopic (exact) mass is 313 g/mol. The summed E-state index contributed by atoms with van der Waals surface area (Å²) in [6.45, 7) is 0.228. The highest BCUT2D eigenvalue weighted by Crippen LogP contribution is 2.08. The first-order valence-electron chi connectivity index (χ1n) is 6.09. The molecular formula is C11H15N5O4S. The molecule has 2 heterocycles. The largest absolute Gasteiger partial charge is 0.481 e. The normalized spacial score (nSPS) is 11.7. The lowest BCUT2D eigenvalue weighted by Crippen LogP contribution is -2.24. The van der Waals surface area contributed by atoms with E-state index in [0.29, 0.717) is 0 Å². The first-order chi connectivity index (χ1) is 9.88. The van der Waals surface area contributed by atoms with E-state index in [4.69, 9.17) is 5.11 Å².